The largest absolute Gasteiger partial charge is 0.308 e. The van der Waals surface area contributed by atoms with Crippen molar-refractivity contribution in [2.45, 2.75) is 18.9 Å². The molecule has 1 aromatic carbocycles. The van der Waals surface area contributed by atoms with Crippen LogP contribution in [0.5, 0.6) is 0 Å². The molecule has 1 aliphatic rings. The van der Waals surface area contributed by atoms with Crippen molar-refractivity contribution >= 4 is 15.9 Å². The third-order valence-electron chi connectivity index (χ3n) is 3.43. The lowest BCUT2D eigenvalue weighted by atomic mass is 10.0. The number of nitrogens with zero attached hydrogens (tertiary/aromatic N) is 2. The van der Waals surface area contributed by atoms with E-state index in [4.69, 9.17) is 0 Å². The van der Waals surface area contributed by atoms with E-state index in [1.54, 1.807) is 0 Å². The monoisotopic (exact) mass is 296 g/mol. The molecule has 1 unspecified atom stereocenters. The maximum Gasteiger partial charge on any atom is 0.0349 e. The molecule has 2 rings (SSSR count). The predicted octanol–water partition coefficient (Wildman–Crippen LogP) is 3.15. The van der Waals surface area contributed by atoms with E-state index in [2.05, 4.69) is 64.1 Å². The molecule has 0 aromatic heterocycles. The summed E-state index contributed by atoms with van der Waals surface area (Å²) in [5, 5.41) is 0. The second kappa shape index (κ2) is 5.98. The Labute approximate surface area is 113 Å². The SMILES string of the molecule is CN(C)CCN1CCCC1c1cccc(Br)c1. The summed E-state index contributed by atoms with van der Waals surface area (Å²) in [6.45, 7) is 3.56. The van der Waals surface area contributed by atoms with Gasteiger partial charge in [-0.05, 0) is 51.2 Å². The Balaban J connectivity index is 2.04. The zero-order valence-electron chi connectivity index (χ0n) is 10.7. The van der Waals surface area contributed by atoms with Gasteiger partial charge in [-0.25, -0.2) is 0 Å². The van der Waals surface area contributed by atoms with Gasteiger partial charge in [0.1, 0.15) is 0 Å². The van der Waals surface area contributed by atoms with E-state index in [1.165, 1.54) is 36.0 Å². The van der Waals surface area contributed by atoms with Crippen LogP contribution < -0.4 is 0 Å². The molecule has 0 amide bonds. The third-order valence-corrected chi connectivity index (χ3v) is 3.92. The number of halogens is 1. The normalized spacial score (nSPS) is 21.3. The number of likely N-dealkylation sites (tertiary alicyclic amines) is 1. The van der Waals surface area contributed by atoms with Gasteiger partial charge in [0.05, 0.1) is 0 Å². The molecule has 3 heteroatoms. The van der Waals surface area contributed by atoms with E-state index in [-0.39, 0.29) is 0 Å². The lowest BCUT2D eigenvalue weighted by Gasteiger charge is -2.26. The highest BCUT2D eigenvalue weighted by Crippen LogP contribution is 2.32. The molecule has 94 valence electrons. The van der Waals surface area contributed by atoms with Gasteiger partial charge < -0.3 is 4.90 Å². The molecule has 1 fully saturated rings. The molecule has 1 aliphatic heterocycles. The van der Waals surface area contributed by atoms with Gasteiger partial charge in [0.2, 0.25) is 0 Å². The van der Waals surface area contributed by atoms with Gasteiger partial charge in [0.15, 0.2) is 0 Å². The molecule has 0 spiro atoms. The number of likely N-dealkylation sites (N-methyl/N-ethyl adjacent to an activating group) is 1. The minimum atomic E-state index is 0.618. The smallest absolute Gasteiger partial charge is 0.0349 e. The van der Waals surface area contributed by atoms with Crippen molar-refractivity contribution in [2.24, 2.45) is 0 Å². The van der Waals surface area contributed by atoms with Crippen LogP contribution >= 0.6 is 15.9 Å². The van der Waals surface area contributed by atoms with Crippen LogP contribution in [0.2, 0.25) is 0 Å². The molecule has 0 radical (unpaired) electrons. The van der Waals surface area contributed by atoms with E-state index in [0.29, 0.717) is 6.04 Å². The van der Waals surface area contributed by atoms with Crippen LogP contribution in [-0.2, 0) is 0 Å². The molecule has 1 atom stereocenters. The Hall–Kier alpha value is -0.380. The standard InChI is InChI=1S/C14H21BrN2/c1-16(2)9-10-17-8-4-7-14(17)12-5-3-6-13(15)11-12/h3,5-6,11,14H,4,7-10H2,1-2H3. The van der Waals surface area contributed by atoms with Crippen molar-refractivity contribution in [3.8, 4) is 0 Å². The summed E-state index contributed by atoms with van der Waals surface area (Å²) in [6, 6.07) is 9.37. The van der Waals surface area contributed by atoms with Crippen molar-refractivity contribution < 1.29 is 0 Å². The Kier molecular flexibility index (Phi) is 4.60. The lowest BCUT2D eigenvalue weighted by molar-refractivity contribution is 0.227. The number of hydrogen-bond acceptors (Lipinski definition) is 2. The van der Waals surface area contributed by atoms with Gasteiger partial charge in [0, 0.05) is 23.6 Å². The quantitative estimate of drug-likeness (QED) is 0.842. The van der Waals surface area contributed by atoms with E-state index < -0.39 is 0 Å². The molecule has 0 saturated carbocycles. The minimum Gasteiger partial charge on any atom is -0.308 e. The molecule has 1 saturated heterocycles. The minimum absolute atomic E-state index is 0.618. The van der Waals surface area contributed by atoms with Gasteiger partial charge in [-0.2, -0.15) is 0 Å². The molecule has 0 bridgehead atoms. The molecule has 2 nitrogen and oxygen atoms in total. The Morgan fingerprint density at radius 1 is 1.41 bits per heavy atom. The summed E-state index contributed by atoms with van der Waals surface area (Å²) in [4.78, 5) is 4.87. The summed E-state index contributed by atoms with van der Waals surface area (Å²) in [6.07, 6.45) is 2.62. The summed E-state index contributed by atoms with van der Waals surface area (Å²) in [5.41, 5.74) is 1.45. The van der Waals surface area contributed by atoms with E-state index in [9.17, 15) is 0 Å². The van der Waals surface area contributed by atoms with Crippen LogP contribution in [0.3, 0.4) is 0 Å². The first-order valence-corrected chi connectivity index (χ1v) is 7.10. The Morgan fingerprint density at radius 2 is 2.24 bits per heavy atom. The number of rotatable bonds is 4. The first-order chi connectivity index (χ1) is 8.16. The van der Waals surface area contributed by atoms with E-state index in [0.717, 1.165) is 6.54 Å². The first-order valence-electron chi connectivity index (χ1n) is 6.31. The fourth-order valence-corrected chi connectivity index (χ4v) is 2.93. The third kappa shape index (κ3) is 3.54. The Bertz CT molecular complexity index is 365. The Morgan fingerprint density at radius 3 is 2.94 bits per heavy atom. The van der Waals surface area contributed by atoms with Crippen molar-refractivity contribution in [3.63, 3.8) is 0 Å². The van der Waals surface area contributed by atoms with Crippen molar-refractivity contribution in [1.29, 1.82) is 0 Å². The second-order valence-corrected chi connectivity index (χ2v) is 5.97. The van der Waals surface area contributed by atoms with Crippen LogP contribution in [0.15, 0.2) is 28.7 Å². The molecular formula is C14H21BrN2. The van der Waals surface area contributed by atoms with Gasteiger partial charge in [0.25, 0.3) is 0 Å². The lowest BCUT2D eigenvalue weighted by Crippen LogP contribution is -2.31. The van der Waals surface area contributed by atoms with Crippen LogP contribution in [-0.4, -0.2) is 43.5 Å². The highest BCUT2D eigenvalue weighted by molar-refractivity contribution is 9.10. The summed E-state index contributed by atoms with van der Waals surface area (Å²) in [7, 11) is 4.29. The number of hydrogen-bond donors (Lipinski definition) is 0. The fraction of sp³-hybridized carbons (Fsp3) is 0.571. The number of benzene rings is 1. The van der Waals surface area contributed by atoms with Gasteiger partial charge in [-0.1, -0.05) is 28.1 Å². The van der Waals surface area contributed by atoms with Crippen molar-refractivity contribution in [3.05, 3.63) is 34.3 Å². The maximum absolute atomic E-state index is 3.56. The molecular weight excluding hydrogens is 276 g/mol. The zero-order chi connectivity index (χ0) is 12.3. The van der Waals surface area contributed by atoms with Gasteiger partial charge >= 0.3 is 0 Å². The fourth-order valence-electron chi connectivity index (χ4n) is 2.51. The molecule has 0 aliphatic carbocycles. The van der Waals surface area contributed by atoms with Crippen molar-refractivity contribution in [1.82, 2.24) is 9.80 Å². The van der Waals surface area contributed by atoms with E-state index in [1.807, 2.05) is 0 Å². The van der Waals surface area contributed by atoms with Crippen LogP contribution in [0, 0.1) is 0 Å². The highest BCUT2D eigenvalue weighted by atomic mass is 79.9. The topological polar surface area (TPSA) is 6.48 Å². The summed E-state index contributed by atoms with van der Waals surface area (Å²) >= 11 is 3.56. The maximum atomic E-state index is 3.56. The molecule has 17 heavy (non-hydrogen) atoms. The highest BCUT2D eigenvalue weighted by Gasteiger charge is 2.25. The molecule has 0 N–H and O–H groups in total. The van der Waals surface area contributed by atoms with Crippen LogP contribution in [0.25, 0.3) is 0 Å². The molecule has 1 aromatic rings. The molecule has 1 heterocycles. The van der Waals surface area contributed by atoms with Gasteiger partial charge in [-0.15, -0.1) is 0 Å². The van der Waals surface area contributed by atoms with Crippen LogP contribution in [0.4, 0.5) is 0 Å². The van der Waals surface area contributed by atoms with Crippen LogP contribution in [0.1, 0.15) is 24.4 Å². The van der Waals surface area contributed by atoms with Gasteiger partial charge in [-0.3, -0.25) is 4.90 Å². The predicted molar refractivity (Wildman–Crippen MR) is 76.2 cm³/mol. The summed E-state index contributed by atoms with van der Waals surface area (Å²) < 4.78 is 1.19. The average Bonchev–Trinajstić information content (AvgIpc) is 2.74. The summed E-state index contributed by atoms with van der Waals surface area (Å²) in [5.74, 6) is 0. The average molecular weight is 297 g/mol. The first kappa shape index (κ1) is 13.1. The van der Waals surface area contributed by atoms with Crippen molar-refractivity contribution in [2.75, 3.05) is 33.7 Å². The van der Waals surface area contributed by atoms with E-state index >= 15 is 0 Å². The zero-order valence-corrected chi connectivity index (χ0v) is 12.3. The second-order valence-electron chi connectivity index (χ2n) is 5.05.